The normalized spacial score (nSPS) is 9.79. The Morgan fingerprint density at radius 1 is 1.57 bits per heavy atom. The number of hydrogen-bond donors (Lipinski definition) is 0. The van der Waals surface area contributed by atoms with Crippen LogP contribution < -0.4 is 0 Å². The van der Waals surface area contributed by atoms with E-state index in [2.05, 4.69) is 9.72 Å². The van der Waals surface area contributed by atoms with Crippen molar-refractivity contribution in [2.24, 2.45) is 0 Å². The standard InChI is InChI=1S/C10H13NO2S/c1-13-10(12)6-4-8-14-9-5-2-3-7-11-9/h2-3,5,7H,4,6,8H2,1H3. The molecule has 0 aliphatic carbocycles. The monoisotopic (exact) mass is 211 g/mol. The van der Waals surface area contributed by atoms with Gasteiger partial charge in [-0.2, -0.15) is 0 Å². The SMILES string of the molecule is COC(=O)CCCSc1ccccn1. The minimum Gasteiger partial charge on any atom is -0.469 e. The highest BCUT2D eigenvalue weighted by atomic mass is 32.2. The van der Waals surface area contributed by atoms with Crippen molar-refractivity contribution in [3.63, 3.8) is 0 Å². The van der Waals surface area contributed by atoms with E-state index < -0.39 is 0 Å². The number of pyridine rings is 1. The maximum Gasteiger partial charge on any atom is 0.305 e. The maximum absolute atomic E-state index is 10.8. The fourth-order valence-electron chi connectivity index (χ4n) is 0.928. The number of carbonyl (C=O) groups is 1. The molecule has 0 bridgehead atoms. The number of aromatic nitrogens is 1. The van der Waals surface area contributed by atoms with E-state index in [9.17, 15) is 4.79 Å². The highest BCUT2D eigenvalue weighted by Gasteiger charge is 2.00. The minimum absolute atomic E-state index is 0.147. The van der Waals surface area contributed by atoms with Crippen LogP contribution in [0.4, 0.5) is 0 Å². The Balaban J connectivity index is 2.13. The van der Waals surface area contributed by atoms with Gasteiger partial charge in [-0.25, -0.2) is 4.98 Å². The molecule has 0 aliphatic heterocycles. The molecule has 76 valence electrons. The van der Waals surface area contributed by atoms with E-state index in [-0.39, 0.29) is 5.97 Å². The summed E-state index contributed by atoms with van der Waals surface area (Å²) in [5, 5.41) is 0.998. The van der Waals surface area contributed by atoms with Crippen molar-refractivity contribution in [2.45, 2.75) is 17.9 Å². The lowest BCUT2D eigenvalue weighted by atomic mass is 10.3. The van der Waals surface area contributed by atoms with Gasteiger partial charge in [0.2, 0.25) is 0 Å². The van der Waals surface area contributed by atoms with Crippen molar-refractivity contribution in [2.75, 3.05) is 12.9 Å². The molecule has 1 aromatic heterocycles. The molecule has 0 spiro atoms. The quantitative estimate of drug-likeness (QED) is 0.425. The van der Waals surface area contributed by atoms with Crippen molar-refractivity contribution in [1.29, 1.82) is 0 Å². The molecular formula is C10H13NO2S. The van der Waals surface area contributed by atoms with Crippen molar-refractivity contribution in [1.82, 2.24) is 4.98 Å². The second-order valence-electron chi connectivity index (χ2n) is 2.70. The Morgan fingerprint density at radius 3 is 3.07 bits per heavy atom. The molecule has 0 fully saturated rings. The molecule has 0 saturated carbocycles. The smallest absolute Gasteiger partial charge is 0.305 e. The molecule has 1 aromatic rings. The zero-order valence-electron chi connectivity index (χ0n) is 8.10. The second kappa shape index (κ2) is 6.43. The van der Waals surface area contributed by atoms with Crippen LogP contribution in [0.25, 0.3) is 0 Å². The lowest BCUT2D eigenvalue weighted by Gasteiger charge is -1.99. The molecule has 0 atom stereocenters. The topological polar surface area (TPSA) is 39.2 Å². The minimum atomic E-state index is -0.147. The molecule has 4 heteroatoms. The van der Waals surface area contributed by atoms with Crippen LogP contribution >= 0.6 is 11.8 Å². The molecule has 1 rings (SSSR count). The molecule has 1 heterocycles. The van der Waals surface area contributed by atoms with Crippen molar-refractivity contribution >= 4 is 17.7 Å². The Bertz CT molecular complexity index is 277. The van der Waals surface area contributed by atoms with Gasteiger partial charge in [0.1, 0.15) is 0 Å². The van der Waals surface area contributed by atoms with E-state index in [0.717, 1.165) is 17.2 Å². The first-order chi connectivity index (χ1) is 6.83. The largest absolute Gasteiger partial charge is 0.469 e. The van der Waals surface area contributed by atoms with Gasteiger partial charge in [-0.05, 0) is 18.6 Å². The van der Waals surface area contributed by atoms with Gasteiger partial charge in [-0.15, -0.1) is 11.8 Å². The van der Waals surface area contributed by atoms with E-state index in [1.165, 1.54) is 7.11 Å². The van der Waals surface area contributed by atoms with Gasteiger partial charge in [0.25, 0.3) is 0 Å². The molecule has 0 amide bonds. The predicted octanol–water partition coefficient (Wildman–Crippen LogP) is 2.13. The van der Waals surface area contributed by atoms with E-state index in [1.54, 1.807) is 18.0 Å². The fraction of sp³-hybridized carbons (Fsp3) is 0.400. The van der Waals surface area contributed by atoms with Gasteiger partial charge in [-0.3, -0.25) is 4.79 Å². The van der Waals surface area contributed by atoms with E-state index in [4.69, 9.17) is 0 Å². The summed E-state index contributed by atoms with van der Waals surface area (Å²) in [5.74, 6) is 0.748. The summed E-state index contributed by atoms with van der Waals surface area (Å²) in [6, 6.07) is 5.80. The Hall–Kier alpha value is -1.03. The molecule has 0 aromatic carbocycles. The summed E-state index contributed by atoms with van der Waals surface area (Å²) in [6.45, 7) is 0. The zero-order valence-corrected chi connectivity index (χ0v) is 8.92. The number of hydrogen-bond acceptors (Lipinski definition) is 4. The van der Waals surface area contributed by atoms with Crippen molar-refractivity contribution in [3.05, 3.63) is 24.4 Å². The first kappa shape index (κ1) is 11.0. The number of carbonyl (C=O) groups excluding carboxylic acids is 1. The second-order valence-corrected chi connectivity index (χ2v) is 3.81. The summed E-state index contributed by atoms with van der Waals surface area (Å²) < 4.78 is 4.54. The van der Waals surface area contributed by atoms with Crippen LogP contribution in [-0.4, -0.2) is 23.8 Å². The van der Waals surface area contributed by atoms with Crippen LogP contribution in [0.3, 0.4) is 0 Å². The molecule has 14 heavy (non-hydrogen) atoms. The van der Waals surface area contributed by atoms with Crippen LogP contribution in [0.15, 0.2) is 29.4 Å². The first-order valence-corrected chi connectivity index (χ1v) is 5.42. The number of nitrogens with zero attached hydrogens (tertiary/aromatic N) is 1. The van der Waals surface area contributed by atoms with Crippen LogP contribution in [0.1, 0.15) is 12.8 Å². The van der Waals surface area contributed by atoms with Gasteiger partial charge < -0.3 is 4.74 Å². The number of esters is 1. The highest BCUT2D eigenvalue weighted by Crippen LogP contribution is 2.15. The fourth-order valence-corrected chi connectivity index (χ4v) is 1.74. The lowest BCUT2D eigenvalue weighted by Crippen LogP contribution is -2.00. The summed E-state index contributed by atoms with van der Waals surface area (Å²) in [6.07, 6.45) is 3.08. The van der Waals surface area contributed by atoms with Crippen LogP contribution in [0.2, 0.25) is 0 Å². The zero-order chi connectivity index (χ0) is 10.2. The van der Waals surface area contributed by atoms with Crippen LogP contribution in [0.5, 0.6) is 0 Å². The third kappa shape index (κ3) is 4.28. The van der Waals surface area contributed by atoms with Gasteiger partial charge in [0, 0.05) is 18.4 Å². The lowest BCUT2D eigenvalue weighted by molar-refractivity contribution is -0.140. The van der Waals surface area contributed by atoms with Gasteiger partial charge in [-0.1, -0.05) is 6.07 Å². The number of methoxy groups -OCH3 is 1. The Labute approximate surface area is 87.9 Å². The molecule has 0 radical (unpaired) electrons. The summed E-state index contributed by atoms with van der Waals surface area (Å²) in [7, 11) is 1.41. The number of ether oxygens (including phenoxy) is 1. The van der Waals surface area contributed by atoms with Crippen molar-refractivity contribution in [3.8, 4) is 0 Å². The van der Waals surface area contributed by atoms with Gasteiger partial charge >= 0.3 is 5.97 Å². The van der Waals surface area contributed by atoms with Crippen LogP contribution in [-0.2, 0) is 9.53 Å². The molecule has 3 nitrogen and oxygen atoms in total. The molecule has 0 unspecified atom stereocenters. The first-order valence-electron chi connectivity index (χ1n) is 4.43. The Morgan fingerprint density at radius 2 is 2.43 bits per heavy atom. The van der Waals surface area contributed by atoms with Gasteiger partial charge in [0.05, 0.1) is 12.1 Å². The van der Waals surface area contributed by atoms with Crippen LogP contribution in [0, 0.1) is 0 Å². The summed E-state index contributed by atoms with van der Waals surface area (Å²) in [5.41, 5.74) is 0. The number of thioether (sulfide) groups is 1. The van der Waals surface area contributed by atoms with Crippen molar-refractivity contribution < 1.29 is 9.53 Å². The van der Waals surface area contributed by atoms with E-state index in [0.29, 0.717) is 6.42 Å². The van der Waals surface area contributed by atoms with Gasteiger partial charge in [0.15, 0.2) is 0 Å². The average Bonchev–Trinajstić information content (AvgIpc) is 2.25. The molecule has 0 saturated heterocycles. The third-order valence-corrected chi connectivity index (χ3v) is 2.67. The van der Waals surface area contributed by atoms with E-state index in [1.807, 2.05) is 18.2 Å². The molecule has 0 N–H and O–H groups in total. The average molecular weight is 211 g/mol. The number of rotatable bonds is 5. The van der Waals surface area contributed by atoms with E-state index >= 15 is 0 Å². The predicted molar refractivity (Wildman–Crippen MR) is 56.2 cm³/mol. The summed E-state index contributed by atoms with van der Waals surface area (Å²) in [4.78, 5) is 14.9. The third-order valence-electron chi connectivity index (χ3n) is 1.64. The molecule has 0 aliphatic rings. The molecular weight excluding hydrogens is 198 g/mol. The Kier molecular flexibility index (Phi) is 5.07. The maximum atomic E-state index is 10.8. The highest BCUT2D eigenvalue weighted by molar-refractivity contribution is 7.99. The summed E-state index contributed by atoms with van der Waals surface area (Å²) >= 11 is 1.65.